The Labute approximate surface area is 125 Å². The van der Waals surface area contributed by atoms with Gasteiger partial charge in [-0.15, -0.1) is 0 Å². The van der Waals surface area contributed by atoms with Gasteiger partial charge in [-0.25, -0.2) is 0 Å². The SMILES string of the molecule is CC(C)(C)C(=O)Nc1nc2[nH]c[c]([Hg][Cl])c2c(=O)[nH]1. The number of H-pyrrole nitrogens is 2. The molecule has 3 N–H and O–H groups in total. The van der Waals surface area contributed by atoms with Crippen LogP contribution in [0.3, 0.4) is 0 Å². The van der Waals surface area contributed by atoms with Crippen LogP contribution in [-0.4, -0.2) is 20.9 Å². The average molecular weight is 469 g/mol. The third-order valence-corrected chi connectivity index (χ3v) is 8.49. The van der Waals surface area contributed by atoms with Crippen molar-refractivity contribution in [3.63, 3.8) is 0 Å². The zero-order chi connectivity index (χ0) is 14.2. The molecule has 19 heavy (non-hydrogen) atoms. The molecule has 0 fully saturated rings. The Balaban J connectivity index is 2.43. The molecule has 0 saturated carbocycles. The quantitative estimate of drug-likeness (QED) is 0.576. The van der Waals surface area contributed by atoms with Crippen molar-refractivity contribution in [3.8, 4) is 0 Å². The topological polar surface area (TPSA) is 90.6 Å². The number of halogens is 1. The first kappa shape index (κ1) is 14.5. The van der Waals surface area contributed by atoms with E-state index >= 15 is 0 Å². The van der Waals surface area contributed by atoms with Gasteiger partial charge in [-0.2, -0.15) is 0 Å². The van der Waals surface area contributed by atoms with Gasteiger partial charge in [-0.1, -0.05) is 0 Å². The summed E-state index contributed by atoms with van der Waals surface area (Å²) in [4.78, 5) is 33.5. The van der Waals surface area contributed by atoms with Gasteiger partial charge >= 0.3 is 125 Å². The van der Waals surface area contributed by atoms with Crippen LogP contribution in [-0.2, 0) is 28.1 Å². The van der Waals surface area contributed by atoms with E-state index in [1.165, 1.54) is 0 Å². The van der Waals surface area contributed by atoms with E-state index < -0.39 is 28.8 Å². The van der Waals surface area contributed by atoms with Gasteiger partial charge in [0.15, 0.2) is 0 Å². The molecule has 0 atom stereocenters. The average Bonchev–Trinajstić information content (AvgIpc) is 2.71. The zero-order valence-corrected chi connectivity index (χ0v) is 17.2. The van der Waals surface area contributed by atoms with Gasteiger partial charge in [0.2, 0.25) is 0 Å². The van der Waals surface area contributed by atoms with E-state index in [9.17, 15) is 9.59 Å². The molecule has 0 aliphatic rings. The summed E-state index contributed by atoms with van der Waals surface area (Å²) in [5, 5.41) is 3.12. The Hall–Kier alpha value is -0.885. The fraction of sp³-hybridized carbons (Fsp3) is 0.364. The number of hydrogen-bond donors (Lipinski definition) is 3. The second-order valence-electron chi connectivity index (χ2n) is 5.29. The summed E-state index contributed by atoms with van der Waals surface area (Å²) in [5.74, 6) is -0.0591. The van der Waals surface area contributed by atoms with E-state index in [0.717, 1.165) is 3.07 Å². The van der Waals surface area contributed by atoms with E-state index in [2.05, 4.69) is 20.3 Å². The molecule has 0 radical (unpaired) electrons. The van der Waals surface area contributed by atoms with E-state index in [-0.39, 0.29) is 17.4 Å². The molecule has 98 valence electrons. The van der Waals surface area contributed by atoms with E-state index in [1.54, 1.807) is 27.0 Å². The van der Waals surface area contributed by atoms with Crippen molar-refractivity contribution in [2.75, 3.05) is 5.32 Å². The molecule has 2 aromatic rings. The number of nitrogens with zero attached hydrogens (tertiary/aromatic N) is 1. The molecule has 6 nitrogen and oxygen atoms in total. The number of amides is 1. The van der Waals surface area contributed by atoms with Crippen LogP contribution in [0.25, 0.3) is 11.0 Å². The number of aromatic amines is 2. The van der Waals surface area contributed by atoms with Gasteiger partial charge in [0.1, 0.15) is 0 Å². The molecule has 2 heterocycles. The minimum atomic E-state index is -1.69. The second kappa shape index (κ2) is 5.24. The second-order valence-corrected chi connectivity index (χ2v) is 11.6. The first-order chi connectivity index (χ1) is 8.82. The third kappa shape index (κ3) is 3.00. The van der Waals surface area contributed by atoms with E-state index in [0.29, 0.717) is 11.0 Å². The molecule has 0 aliphatic heterocycles. The van der Waals surface area contributed by atoms with Crippen molar-refractivity contribution in [2.45, 2.75) is 20.8 Å². The Bertz CT molecular complexity index is 686. The van der Waals surface area contributed by atoms with Crippen LogP contribution in [0.4, 0.5) is 5.95 Å². The van der Waals surface area contributed by atoms with Crippen molar-refractivity contribution in [1.82, 2.24) is 15.0 Å². The monoisotopic (exact) mass is 470 g/mol. The Kier molecular flexibility index (Phi) is 4.01. The summed E-state index contributed by atoms with van der Waals surface area (Å²) < 4.78 is 0.902. The van der Waals surface area contributed by atoms with Crippen LogP contribution >= 0.6 is 8.25 Å². The van der Waals surface area contributed by atoms with Crippen molar-refractivity contribution in [3.05, 3.63) is 16.6 Å². The molecule has 0 aliphatic carbocycles. The number of nitrogens with one attached hydrogen (secondary N) is 3. The van der Waals surface area contributed by atoms with Crippen molar-refractivity contribution < 1.29 is 28.1 Å². The molecule has 2 rings (SSSR count). The van der Waals surface area contributed by atoms with Crippen molar-refractivity contribution in [1.29, 1.82) is 0 Å². The van der Waals surface area contributed by atoms with Crippen molar-refractivity contribution in [2.24, 2.45) is 5.41 Å². The first-order valence-electron chi connectivity index (χ1n) is 5.80. The molecule has 0 aromatic carbocycles. The standard InChI is InChI=1S/C11H13N4O2.ClH.Hg/c1-11(2,3)9(17)15-10-13-7-6(4-5-12-7)8(16)14-10;;/h5H,1-3H3,(H3,12,13,14,15,16,17);1H;/q;;+1/p-1. The van der Waals surface area contributed by atoms with Gasteiger partial charge in [0.25, 0.3) is 0 Å². The van der Waals surface area contributed by atoms with Gasteiger partial charge in [0.05, 0.1) is 0 Å². The number of carbonyl (C=O) groups is 1. The predicted molar refractivity (Wildman–Crippen MR) is 70.3 cm³/mol. The van der Waals surface area contributed by atoms with Crippen LogP contribution in [0.15, 0.2) is 11.0 Å². The van der Waals surface area contributed by atoms with Crippen LogP contribution in [0, 0.1) is 5.41 Å². The number of fused-ring (bicyclic) bond motifs is 1. The maximum atomic E-state index is 12.0. The third-order valence-electron chi connectivity index (χ3n) is 2.68. The van der Waals surface area contributed by atoms with Gasteiger partial charge in [-0.05, 0) is 0 Å². The molecule has 0 saturated heterocycles. The number of hydrogen-bond acceptors (Lipinski definition) is 3. The molecule has 0 unspecified atom stereocenters. The van der Waals surface area contributed by atoms with Crippen molar-refractivity contribution >= 4 is 34.2 Å². The van der Waals surface area contributed by atoms with Gasteiger partial charge in [-0.3, -0.25) is 0 Å². The maximum absolute atomic E-state index is 12.0. The predicted octanol–water partition coefficient (Wildman–Crippen LogP) is 1.10. The molecular weight excluding hydrogens is 456 g/mol. The molecule has 1 amide bonds. The summed E-state index contributed by atoms with van der Waals surface area (Å²) in [6, 6.07) is 0. The first-order valence-corrected chi connectivity index (χ1v) is 15.3. The molecule has 0 bridgehead atoms. The van der Waals surface area contributed by atoms with Crippen LogP contribution in [0.2, 0.25) is 0 Å². The Morgan fingerprint density at radius 3 is 2.74 bits per heavy atom. The summed E-state index contributed by atoms with van der Waals surface area (Å²) in [5.41, 5.74) is -0.364. The van der Waals surface area contributed by atoms with Gasteiger partial charge < -0.3 is 0 Å². The fourth-order valence-corrected chi connectivity index (χ4v) is 5.90. The number of rotatable bonds is 2. The molecular formula is C11H13ClHgN4O2. The Morgan fingerprint density at radius 2 is 2.16 bits per heavy atom. The summed E-state index contributed by atoms with van der Waals surface area (Å²) in [6.45, 7) is 5.36. The van der Waals surface area contributed by atoms with Crippen LogP contribution in [0.1, 0.15) is 20.8 Å². The summed E-state index contributed by atoms with van der Waals surface area (Å²) in [7, 11) is 5.96. The Morgan fingerprint density at radius 1 is 1.47 bits per heavy atom. The van der Waals surface area contributed by atoms with E-state index in [1.807, 2.05) is 0 Å². The summed E-state index contributed by atoms with van der Waals surface area (Å²) >= 11 is -1.69. The number of carbonyl (C=O) groups excluding carboxylic acids is 1. The minimum absolute atomic E-state index is 0.150. The molecule has 2 aromatic heterocycles. The molecule has 0 spiro atoms. The zero-order valence-electron chi connectivity index (χ0n) is 10.9. The van der Waals surface area contributed by atoms with Gasteiger partial charge in [0, 0.05) is 0 Å². The number of anilines is 1. The fourth-order valence-electron chi connectivity index (χ4n) is 1.56. The van der Waals surface area contributed by atoms with Crippen LogP contribution in [0.5, 0.6) is 0 Å². The van der Waals surface area contributed by atoms with E-state index in [4.69, 9.17) is 8.25 Å². The number of aromatic nitrogens is 3. The van der Waals surface area contributed by atoms with Crippen LogP contribution < -0.4 is 13.9 Å². The molecule has 8 heteroatoms. The summed E-state index contributed by atoms with van der Waals surface area (Å²) in [6.07, 6.45) is 1.73. The normalized spacial score (nSPS) is 11.4.